The van der Waals surface area contributed by atoms with Crippen LogP contribution in [0.2, 0.25) is 0 Å². The highest BCUT2D eigenvalue weighted by Crippen LogP contribution is 2.15. The lowest BCUT2D eigenvalue weighted by Crippen LogP contribution is -2.30. The van der Waals surface area contributed by atoms with Crippen molar-refractivity contribution in [1.29, 1.82) is 0 Å². The van der Waals surface area contributed by atoms with E-state index in [0.717, 1.165) is 5.69 Å². The van der Waals surface area contributed by atoms with Crippen LogP contribution in [0.25, 0.3) is 0 Å². The molecule has 6 nitrogen and oxygen atoms in total. The summed E-state index contributed by atoms with van der Waals surface area (Å²) in [6.07, 6.45) is 1.85. The number of aliphatic hydroxyl groups is 1. The topological polar surface area (TPSA) is 69.4 Å². The zero-order valence-corrected chi connectivity index (χ0v) is 7.80. The Morgan fingerprint density at radius 3 is 3.14 bits per heavy atom. The maximum absolute atomic E-state index is 8.50. The van der Waals surface area contributed by atoms with Gasteiger partial charge in [0, 0.05) is 0 Å². The predicted octanol–water partition coefficient (Wildman–Crippen LogP) is -0.642. The summed E-state index contributed by atoms with van der Waals surface area (Å²) < 4.78 is 12.0. The molecule has 0 radical (unpaired) electrons. The van der Waals surface area contributed by atoms with E-state index in [0.29, 0.717) is 32.5 Å². The molecule has 0 saturated carbocycles. The lowest BCUT2D eigenvalue weighted by molar-refractivity contribution is -0.0294. The average molecular weight is 199 g/mol. The number of hydrogen-bond donors (Lipinski definition) is 1. The summed E-state index contributed by atoms with van der Waals surface area (Å²) >= 11 is 0. The summed E-state index contributed by atoms with van der Waals surface area (Å²) in [6, 6.07) is 0.328. The zero-order chi connectivity index (χ0) is 9.80. The van der Waals surface area contributed by atoms with Gasteiger partial charge in [0.2, 0.25) is 0 Å². The summed E-state index contributed by atoms with van der Waals surface area (Å²) in [5, 5.41) is 16.4. The fourth-order valence-electron chi connectivity index (χ4n) is 1.18. The first kappa shape index (κ1) is 9.57. The Kier molecular flexibility index (Phi) is 3.07. The Hall–Kier alpha value is -0.980. The zero-order valence-electron chi connectivity index (χ0n) is 7.80. The standard InChI is InChI=1S/C8H13N3O3/c12-1-2-13-4-7-3-11(10-9-7)8-5-14-6-8/h3,8,12H,1-2,4-6H2. The van der Waals surface area contributed by atoms with Crippen molar-refractivity contribution in [3.63, 3.8) is 0 Å². The molecule has 1 aliphatic heterocycles. The monoisotopic (exact) mass is 199 g/mol. The molecule has 6 heteroatoms. The third-order valence-electron chi connectivity index (χ3n) is 2.04. The summed E-state index contributed by atoms with van der Waals surface area (Å²) in [5.41, 5.74) is 0.783. The van der Waals surface area contributed by atoms with Gasteiger partial charge in [-0.15, -0.1) is 5.10 Å². The second-order valence-electron chi connectivity index (χ2n) is 3.16. The van der Waals surface area contributed by atoms with Crippen LogP contribution in [0, 0.1) is 0 Å². The Morgan fingerprint density at radius 2 is 2.50 bits per heavy atom. The van der Waals surface area contributed by atoms with Gasteiger partial charge >= 0.3 is 0 Å². The summed E-state index contributed by atoms with van der Waals surface area (Å²) in [5.74, 6) is 0. The molecule has 2 heterocycles. The molecular formula is C8H13N3O3. The summed E-state index contributed by atoms with van der Waals surface area (Å²) in [7, 11) is 0. The second kappa shape index (κ2) is 4.50. The van der Waals surface area contributed by atoms with Crippen LogP contribution in [0.3, 0.4) is 0 Å². The lowest BCUT2D eigenvalue weighted by atomic mass is 10.3. The van der Waals surface area contributed by atoms with Gasteiger partial charge in [-0.1, -0.05) is 5.21 Å². The Morgan fingerprint density at radius 1 is 1.64 bits per heavy atom. The summed E-state index contributed by atoms with van der Waals surface area (Å²) in [6.45, 7) is 2.18. The molecule has 1 aromatic heterocycles. The number of hydrogen-bond acceptors (Lipinski definition) is 5. The van der Waals surface area contributed by atoms with Gasteiger partial charge in [0.25, 0.3) is 0 Å². The number of aliphatic hydroxyl groups excluding tert-OH is 1. The van der Waals surface area contributed by atoms with Crippen LogP contribution in [0.1, 0.15) is 11.7 Å². The van der Waals surface area contributed by atoms with E-state index in [1.807, 2.05) is 6.20 Å². The molecule has 78 valence electrons. The molecule has 0 amide bonds. The Balaban J connectivity index is 1.83. The minimum Gasteiger partial charge on any atom is -0.394 e. The van der Waals surface area contributed by atoms with Gasteiger partial charge in [-0.25, -0.2) is 4.68 Å². The molecule has 1 aromatic rings. The van der Waals surface area contributed by atoms with Crippen molar-refractivity contribution in [2.45, 2.75) is 12.6 Å². The highest BCUT2D eigenvalue weighted by atomic mass is 16.5. The van der Waals surface area contributed by atoms with Crippen LogP contribution in [0.15, 0.2) is 6.20 Å². The molecule has 14 heavy (non-hydrogen) atoms. The van der Waals surface area contributed by atoms with Crippen molar-refractivity contribution in [2.75, 3.05) is 26.4 Å². The fourth-order valence-corrected chi connectivity index (χ4v) is 1.18. The van der Waals surface area contributed by atoms with E-state index in [9.17, 15) is 0 Å². The van der Waals surface area contributed by atoms with Crippen molar-refractivity contribution in [2.24, 2.45) is 0 Å². The van der Waals surface area contributed by atoms with Crippen molar-refractivity contribution in [3.8, 4) is 0 Å². The van der Waals surface area contributed by atoms with Crippen LogP contribution in [0.5, 0.6) is 0 Å². The Bertz CT molecular complexity index is 285. The van der Waals surface area contributed by atoms with E-state index < -0.39 is 0 Å². The van der Waals surface area contributed by atoms with Crippen LogP contribution in [0.4, 0.5) is 0 Å². The molecule has 1 fully saturated rings. The summed E-state index contributed by atoms with van der Waals surface area (Å²) in [4.78, 5) is 0. The van der Waals surface area contributed by atoms with E-state index in [-0.39, 0.29) is 6.61 Å². The molecule has 0 unspecified atom stereocenters. The van der Waals surface area contributed by atoms with E-state index in [4.69, 9.17) is 14.6 Å². The van der Waals surface area contributed by atoms with Gasteiger partial charge in [-0.05, 0) is 0 Å². The van der Waals surface area contributed by atoms with E-state index >= 15 is 0 Å². The highest BCUT2D eigenvalue weighted by Gasteiger charge is 2.21. The molecule has 1 N–H and O–H groups in total. The maximum atomic E-state index is 8.50. The van der Waals surface area contributed by atoms with Crippen LogP contribution in [-0.2, 0) is 16.1 Å². The molecule has 0 bridgehead atoms. The van der Waals surface area contributed by atoms with Gasteiger partial charge < -0.3 is 14.6 Å². The quantitative estimate of drug-likeness (QED) is 0.639. The van der Waals surface area contributed by atoms with Crippen molar-refractivity contribution in [3.05, 3.63) is 11.9 Å². The van der Waals surface area contributed by atoms with Crippen LogP contribution in [-0.4, -0.2) is 46.5 Å². The third kappa shape index (κ3) is 2.09. The molecule has 2 rings (SSSR count). The van der Waals surface area contributed by atoms with Gasteiger partial charge in [-0.2, -0.15) is 0 Å². The normalized spacial score (nSPS) is 16.9. The largest absolute Gasteiger partial charge is 0.394 e. The maximum Gasteiger partial charge on any atom is 0.108 e. The first-order chi connectivity index (χ1) is 6.90. The molecule has 1 saturated heterocycles. The van der Waals surface area contributed by atoms with E-state index in [2.05, 4.69) is 10.3 Å². The van der Waals surface area contributed by atoms with Gasteiger partial charge in [0.1, 0.15) is 11.7 Å². The molecule has 1 aliphatic rings. The minimum absolute atomic E-state index is 0.0323. The van der Waals surface area contributed by atoms with Crippen LogP contribution >= 0.6 is 0 Å². The third-order valence-corrected chi connectivity index (χ3v) is 2.04. The fraction of sp³-hybridized carbons (Fsp3) is 0.750. The first-order valence-corrected chi connectivity index (χ1v) is 4.57. The Labute approximate surface area is 81.4 Å². The smallest absolute Gasteiger partial charge is 0.108 e. The molecule has 0 spiro atoms. The molecule has 0 aromatic carbocycles. The van der Waals surface area contributed by atoms with Crippen molar-refractivity contribution in [1.82, 2.24) is 15.0 Å². The predicted molar refractivity (Wildman–Crippen MR) is 46.6 cm³/mol. The van der Waals surface area contributed by atoms with Crippen molar-refractivity contribution >= 4 is 0 Å². The first-order valence-electron chi connectivity index (χ1n) is 4.57. The minimum atomic E-state index is 0.0323. The lowest BCUT2D eigenvalue weighted by Gasteiger charge is -2.25. The SMILES string of the molecule is OCCOCc1cn(C2COC2)nn1. The van der Waals surface area contributed by atoms with E-state index in [1.54, 1.807) is 4.68 Å². The molecule has 0 aliphatic carbocycles. The van der Waals surface area contributed by atoms with Gasteiger partial charge in [0.05, 0.1) is 39.2 Å². The molecule has 0 atom stereocenters. The van der Waals surface area contributed by atoms with E-state index in [1.165, 1.54) is 0 Å². The van der Waals surface area contributed by atoms with Gasteiger partial charge in [0.15, 0.2) is 0 Å². The highest BCUT2D eigenvalue weighted by molar-refractivity contribution is 4.92. The second-order valence-corrected chi connectivity index (χ2v) is 3.16. The van der Waals surface area contributed by atoms with Gasteiger partial charge in [-0.3, -0.25) is 0 Å². The molecular weight excluding hydrogens is 186 g/mol. The number of rotatable bonds is 5. The van der Waals surface area contributed by atoms with Crippen molar-refractivity contribution < 1.29 is 14.6 Å². The average Bonchev–Trinajstić information content (AvgIpc) is 2.51. The number of aromatic nitrogens is 3. The van der Waals surface area contributed by atoms with Crippen LogP contribution < -0.4 is 0 Å². The number of nitrogens with zero attached hydrogens (tertiary/aromatic N) is 3. The number of ether oxygens (including phenoxy) is 2.